The number of piperidine rings is 1. The molecule has 1 N–H and O–H groups in total. The van der Waals surface area contributed by atoms with Crippen molar-refractivity contribution in [2.75, 3.05) is 6.54 Å². The van der Waals surface area contributed by atoms with Gasteiger partial charge in [-0.2, -0.15) is 0 Å². The average molecular weight is 185 g/mol. The van der Waals surface area contributed by atoms with Crippen LogP contribution in [0.5, 0.6) is 0 Å². The van der Waals surface area contributed by atoms with Crippen molar-refractivity contribution >= 4 is 5.97 Å². The summed E-state index contributed by atoms with van der Waals surface area (Å²) in [6, 6.07) is 0.642. The molecule has 0 aromatic rings. The standard InChI is InChI=1S/C10H19NO2/c1-7(2)11-6-4-5-9(8(11)3)10(12)13/h7-9H,4-6H2,1-3H3,(H,12,13)/t8-,9+/m1/s1. The Kier molecular flexibility index (Phi) is 3.31. The molecule has 1 rings (SSSR count). The molecule has 1 saturated heterocycles. The Morgan fingerprint density at radius 2 is 2.15 bits per heavy atom. The zero-order chi connectivity index (χ0) is 10.0. The predicted octanol–water partition coefficient (Wildman–Crippen LogP) is 1.58. The molecule has 1 heterocycles. The van der Waals surface area contributed by atoms with Gasteiger partial charge in [0.1, 0.15) is 0 Å². The lowest BCUT2D eigenvalue weighted by molar-refractivity contribution is -0.146. The summed E-state index contributed by atoms with van der Waals surface area (Å²) in [6.45, 7) is 7.32. The number of carboxylic acid groups (broad SMARTS) is 1. The number of aliphatic carboxylic acids is 1. The Labute approximate surface area is 79.7 Å². The van der Waals surface area contributed by atoms with E-state index in [-0.39, 0.29) is 12.0 Å². The molecule has 0 unspecified atom stereocenters. The number of carbonyl (C=O) groups is 1. The summed E-state index contributed by atoms with van der Waals surface area (Å²) in [6.07, 6.45) is 1.85. The van der Waals surface area contributed by atoms with Gasteiger partial charge in [-0.05, 0) is 40.2 Å². The fourth-order valence-corrected chi connectivity index (χ4v) is 2.23. The van der Waals surface area contributed by atoms with Gasteiger partial charge in [-0.1, -0.05) is 0 Å². The molecular weight excluding hydrogens is 166 g/mol. The first-order valence-corrected chi connectivity index (χ1v) is 5.02. The maximum absolute atomic E-state index is 10.9. The summed E-state index contributed by atoms with van der Waals surface area (Å²) < 4.78 is 0. The van der Waals surface area contributed by atoms with Crippen molar-refractivity contribution in [3.05, 3.63) is 0 Å². The Balaban J connectivity index is 2.65. The van der Waals surface area contributed by atoms with Crippen molar-refractivity contribution in [1.29, 1.82) is 0 Å². The van der Waals surface area contributed by atoms with Crippen LogP contribution < -0.4 is 0 Å². The second-order valence-corrected chi connectivity index (χ2v) is 4.16. The van der Waals surface area contributed by atoms with Gasteiger partial charge < -0.3 is 5.11 Å². The van der Waals surface area contributed by atoms with Gasteiger partial charge in [-0.25, -0.2) is 0 Å². The van der Waals surface area contributed by atoms with E-state index in [1.165, 1.54) is 0 Å². The lowest BCUT2D eigenvalue weighted by Crippen LogP contribution is -2.49. The van der Waals surface area contributed by atoms with Crippen molar-refractivity contribution in [3.8, 4) is 0 Å². The second-order valence-electron chi connectivity index (χ2n) is 4.16. The maximum Gasteiger partial charge on any atom is 0.308 e. The molecule has 0 aromatic heterocycles. The van der Waals surface area contributed by atoms with Crippen LogP contribution in [0.25, 0.3) is 0 Å². The van der Waals surface area contributed by atoms with Crippen molar-refractivity contribution in [1.82, 2.24) is 4.90 Å². The van der Waals surface area contributed by atoms with Gasteiger partial charge in [-0.15, -0.1) is 0 Å². The van der Waals surface area contributed by atoms with Gasteiger partial charge in [0.05, 0.1) is 5.92 Å². The van der Waals surface area contributed by atoms with Gasteiger partial charge in [0, 0.05) is 12.1 Å². The topological polar surface area (TPSA) is 40.5 Å². The van der Waals surface area contributed by atoms with Crippen LogP contribution in [0.1, 0.15) is 33.6 Å². The normalized spacial score (nSPS) is 30.8. The summed E-state index contributed by atoms with van der Waals surface area (Å²) in [5.41, 5.74) is 0. The minimum atomic E-state index is -0.641. The highest BCUT2D eigenvalue weighted by Crippen LogP contribution is 2.25. The highest BCUT2D eigenvalue weighted by Gasteiger charge is 2.33. The van der Waals surface area contributed by atoms with E-state index in [4.69, 9.17) is 5.11 Å². The molecule has 0 radical (unpaired) electrons. The molecule has 1 fully saturated rings. The summed E-state index contributed by atoms with van der Waals surface area (Å²) in [5, 5.41) is 8.98. The number of hydrogen-bond donors (Lipinski definition) is 1. The minimum absolute atomic E-state index is 0.170. The lowest BCUT2D eigenvalue weighted by atomic mass is 9.89. The smallest absolute Gasteiger partial charge is 0.308 e. The Morgan fingerprint density at radius 1 is 1.54 bits per heavy atom. The van der Waals surface area contributed by atoms with Crippen molar-refractivity contribution in [2.45, 2.75) is 45.7 Å². The molecule has 0 bridgehead atoms. The van der Waals surface area contributed by atoms with Gasteiger partial charge in [0.25, 0.3) is 0 Å². The summed E-state index contributed by atoms with van der Waals surface area (Å²) >= 11 is 0. The number of rotatable bonds is 2. The van der Waals surface area contributed by atoms with Crippen molar-refractivity contribution < 1.29 is 9.90 Å². The van der Waals surface area contributed by atoms with Gasteiger partial charge in [0.2, 0.25) is 0 Å². The number of likely N-dealkylation sites (tertiary alicyclic amines) is 1. The summed E-state index contributed by atoms with van der Waals surface area (Å²) in [5.74, 6) is -0.811. The third-order valence-corrected chi connectivity index (χ3v) is 3.02. The van der Waals surface area contributed by atoms with E-state index in [1.807, 2.05) is 6.92 Å². The molecule has 3 heteroatoms. The minimum Gasteiger partial charge on any atom is -0.481 e. The molecule has 76 valence electrons. The maximum atomic E-state index is 10.9. The van der Waals surface area contributed by atoms with Crippen LogP contribution in [0.2, 0.25) is 0 Å². The summed E-state index contributed by atoms with van der Waals surface area (Å²) in [7, 11) is 0. The monoisotopic (exact) mass is 185 g/mol. The van der Waals surface area contributed by atoms with Crippen LogP contribution >= 0.6 is 0 Å². The Morgan fingerprint density at radius 3 is 2.62 bits per heavy atom. The third-order valence-electron chi connectivity index (χ3n) is 3.02. The van der Waals surface area contributed by atoms with Crippen LogP contribution in [0, 0.1) is 5.92 Å². The molecule has 0 aliphatic carbocycles. The van der Waals surface area contributed by atoms with E-state index < -0.39 is 5.97 Å². The lowest BCUT2D eigenvalue weighted by Gasteiger charge is -2.40. The molecule has 0 aromatic carbocycles. The molecule has 1 aliphatic rings. The number of hydrogen-bond acceptors (Lipinski definition) is 2. The van der Waals surface area contributed by atoms with E-state index in [0.717, 1.165) is 19.4 Å². The first-order valence-electron chi connectivity index (χ1n) is 5.02. The number of nitrogens with zero attached hydrogens (tertiary/aromatic N) is 1. The predicted molar refractivity (Wildman–Crippen MR) is 51.7 cm³/mol. The van der Waals surface area contributed by atoms with E-state index in [2.05, 4.69) is 18.7 Å². The largest absolute Gasteiger partial charge is 0.481 e. The molecule has 0 spiro atoms. The summed E-state index contributed by atoms with van der Waals surface area (Å²) in [4.78, 5) is 13.2. The fraction of sp³-hybridized carbons (Fsp3) is 0.900. The van der Waals surface area contributed by atoms with Crippen LogP contribution in [-0.4, -0.2) is 34.6 Å². The van der Waals surface area contributed by atoms with Crippen molar-refractivity contribution in [3.63, 3.8) is 0 Å². The molecule has 3 nitrogen and oxygen atoms in total. The van der Waals surface area contributed by atoms with E-state index in [9.17, 15) is 4.79 Å². The van der Waals surface area contributed by atoms with Gasteiger partial charge >= 0.3 is 5.97 Å². The van der Waals surface area contributed by atoms with Gasteiger partial charge in [-0.3, -0.25) is 9.69 Å². The zero-order valence-corrected chi connectivity index (χ0v) is 8.66. The van der Waals surface area contributed by atoms with E-state index >= 15 is 0 Å². The third kappa shape index (κ3) is 2.21. The molecule has 0 amide bonds. The van der Waals surface area contributed by atoms with Crippen LogP contribution in [-0.2, 0) is 4.79 Å². The molecule has 0 saturated carbocycles. The molecule has 13 heavy (non-hydrogen) atoms. The highest BCUT2D eigenvalue weighted by atomic mass is 16.4. The molecule has 2 atom stereocenters. The van der Waals surface area contributed by atoms with Gasteiger partial charge in [0.15, 0.2) is 0 Å². The Hall–Kier alpha value is -0.570. The number of carboxylic acids is 1. The SMILES string of the molecule is CC(C)N1CCC[C@H](C(=O)O)[C@H]1C. The second kappa shape index (κ2) is 4.09. The quantitative estimate of drug-likeness (QED) is 0.710. The highest BCUT2D eigenvalue weighted by molar-refractivity contribution is 5.70. The van der Waals surface area contributed by atoms with Crippen LogP contribution in [0.4, 0.5) is 0 Å². The Bertz CT molecular complexity index is 191. The molecule has 1 aliphatic heterocycles. The van der Waals surface area contributed by atoms with E-state index in [1.54, 1.807) is 0 Å². The zero-order valence-electron chi connectivity index (χ0n) is 8.66. The van der Waals surface area contributed by atoms with Crippen LogP contribution in [0.3, 0.4) is 0 Å². The molecular formula is C10H19NO2. The van der Waals surface area contributed by atoms with E-state index in [0.29, 0.717) is 6.04 Å². The first-order chi connectivity index (χ1) is 6.04. The van der Waals surface area contributed by atoms with Crippen molar-refractivity contribution in [2.24, 2.45) is 5.92 Å². The first kappa shape index (κ1) is 10.5. The fourth-order valence-electron chi connectivity index (χ4n) is 2.23. The van der Waals surface area contributed by atoms with Crippen LogP contribution in [0.15, 0.2) is 0 Å². The average Bonchev–Trinajstić information content (AvgIpc) is 2.03.